The predicted molar refractivity (Wildman–Crippen MR) is 73.4 cm³/mol. The van der Waals surface area contributed by atoms with Crippen molar-refractivity contribution in [2.75, 3.05) is 40.4 Å². The van der Waals surface area contributed by atoms with Gasteiger partial charge in [0.2, 0.25) is 6.41 Å². The number of carbonyl (C=O) groups is 1. The first-order valence-corrected chi connectivity index (χ1v) is 6.33. The van der Waals surface area contributed by atoms with Gasteiger partial charge < -0.3 is 15.0 Å². The number of hydrogen-bond acceptors (Lipinski definition) is 2. The molecule has 0 fully saturated rings. The quantitative estimate of drug-likeness (QED) is 0.485. The Morgan fingerprint density at radius 2 is 1.72 bits per heavy atom. The van der Waals surface area contributed by atoms with E-state index in [1.165, 1.54) is 0 Å². The fourth-order valence-corrected chi connectivity index (χ4v) is 0.896. The van der Waals surface area contributed by atoms with Gasteiger partial charge in [0, 0.05) is 45.4 Å². The van der Waals surface area contributed by atoms with Crippen LogP contribution >= 0.6 is 0 Å². The third-order valence-electron chi connectivity index (χ3n) is 1.65. The monoisotopic (exact) mass is 296 g/mol. The molecule has 109 valence electrons. The zero-order chi connectivity index (χ0) is 13.5. The molecule has 0 aliphatic rings. The summed E-state index contributed by atoms with van der Waals surface area (Å²) in [5.41, 5.74) is 0. The van der Waals surface area contributed by atoms with E-state index < -0.39 is 0 Å². The Morgan fingerprint density at radius 3 is 2.17 bits per heavy atom. The van der Waals surface area contributed by atoms with Gasteiger partial charge in [-0.3, -0.25) is 4.79 Å². The maximum atomic E-state index is 10.2. The maximum absolute atomic E-state index is 10.2. The Labute approximate surface area is 125 Å². The van der Waals surface area contributed by atoms with Crippen molar-refractivity contribution >= 4 is 6.41 Å². The first kappa shape index (κ1) is 23.1. The zero-order valence-corrected chi connectivity index (χ0v) is 14.0. The number of nitrogens with zero attached hydrogens (tertiary/aromatic N) is 2. The normalized spacial score (nSPS) is 9.22. The van der Waals surface area contributed by atoms with Gasteiger partial charge in [0.1, 0.15) is 0 Å². The summed E-state index contributed by atoms with van der Waals surface area (Å²) in [6, 6.07) is 0. The average molecular weight is 296 g/mol. The van der Waals surface area contributed by atoms with Crippen molar-refractivity contribution in [2.24, 2.45) is 5.92 Å². The first-order valence-electron chi connectivity index (χ1n) is 6.33. The van der Waals surface area contributed by atoms with E-state index in [0.717, 1.165) is 51.5 Å². The second-order valence-corrected chi connectivity index (χ2v) is 4.68. The molecule has 0 heterocycles. The van der Waals surface area contributed by atoms with Gasteiger partial charge in [0.15, 0.2) is 0 Å². The van der Waals surface area contributed by atoms with E-state index in [1.807, 2.05) is 0 Å². The van der Waals surface area contributed by atoms with Gasteiger partial charge in [0.05, 0.1) is 0 Å². The topological polar surface area (TPSA) is 43.6 Å². The number of ether oxygens (including phenoxy) is 1. The molecule has 4 nitrogen and oxygen atoms in total. The van der Waals surface area contributed by atoms with Crippen molar-refractivity contribution in [1.82, 2.24) is 4.90 Å². The minimum absolute atomic E-state index is 0. The van der Waals surface area contributed by atoms with E-state index in [9.17, 15) is 4.79 Å². The van der Waals surface area contributed by atoms with E-state index >= 15 is 0 Å². The van der Waals surface area contributed by atoms with Crippen LogP contribution in [0.3, 0.4) is 0 Å². The van der Waals surface area contributed by atoms with E-state index in [4.69, 9.17) is 4.74 Å². The van der Waals surface area contributed by atoms with Gasteiger partial charge in [-0.05, 0) is 18.8 Å². The molecule has 0 aromatic heterocycles. The Balaban J connectivity index is -0.000000392. The Morgan fingerprint density at radius 1 is 1.22 bits per heavy atom. The molecule has 18 heavy (non-hydrogen) atoms. The molecule has 0 saturated carbocycles. The van der Waals surface area contributed by atoms with Crippen molar-refractivity contribution in [3.8, 4) is 0 Å². The molecule has 0 aromatic carbocycles. The summed E-state index contributed by atoms with van der Waals surface area (Å²) in [4.78, 5) is 11.8. The summed E-state index contributed by atoms with van der Waals surface area (Å²) in [7, 11) is 3.57. The summed E-state index contributed by atoms with van der Waals surface area (Å²) < 4.78 is 5.33. The molecule has 0 spiro atoms. The molecule has 0 aliphatic carbocycles. The molecule has 1 amide bonds. The van der Waals surface area contributed by atoms with Crippen molar-refractivity contribution in [3.63, 3.8) is 0 Å². The summed E-state index contributed by atoms with van der Waals surface area (Å²) in [6.07, 6.45) is 2.72. The SMILES string of the molecule is CC(C)C.C[N-]CCCOCCCN(C)C=O.[V]. The molecule has 0 aromatic rings. The molecule has 1 radical (unpaired) electrons. The van der Waals surface area contributed by atoms with Crippen LogP contribution in [-0.4, -0.2) is 51.7 Å². The summed E-state index contributed by atoms with van der Waals surface area (Å²) in [5, 5.41) is 3.96. The molecule has 5 heteroatoms. The van der Waals surface area contributed by atoms with Crippen molar-refractivity contribution in [1.29, 1.82) is 0 Å². The van der Waals surface area contributed by atoms with Gasteiger partial charge in [-0.25, -0.2) is 0 Å². The number of amides is 1. The Kier molecular flexibility index (Phi) is 24.8. The first-order chi connectivity index (χ1) is 8.04. The van der Waals surface area contributed by atoms with Gasteiger partial charge in [-0.1, -0.05) is 20.8 Å². The summed E-state index contributed by atoms with van der Waals surface area (Å²) >= 11 is 0. The van der Waals surface area contributed by atoms with Crippen LogP contribution in [0.2, 0.25) is 0 Å². The molecular weight excluding hydrogens is 267 g/mol. The van der Waals surface area contributed by atoms with Crippen LogP contribution < -0.4 is 0 Å². The molecule has 0 rings (SSSR count). The largest absolute Gasteiger partial charge is 0.665 e. The summed E-state index contributed by atoms with van der Waals surface area (Å²) in [5.74, 6) is 0.833. The van der Waals surface area contributed by atoms with E-state index in [2.05, 4.69) is 26.1 Å². The van der Waals surface area contributed by atoms with Gasteiger partial charge in [-0.2, -0.15) is 7.05 Å². The summed E-state index contributed by atoms with van der Waals surface area (Å²) in [6.45, 7) is 9.62. The Hall–Kier alpha value is -0.0256. The second-order valence-electron chi connectivity index (χ2n) is 4.68. The number of hydrogen-bond donors (Lipinski definition) is 0. The molecule has 0 aliphatic heterocycles. The molecule has 0 atom stereocenters. The van der Waals surface area contributed by atoms with E-state index in [1.54, 1.807) is 19.0 Å². The maximum Gasteiger partial charge on any atom is 0.209 e. The van der Waals surface area contributed by atoms with Crippen LogP contribution in [0, 0.1) is 5.92 Å². The molecule has 0 N–H and O–H groups in total. The predicted octanol–water partition coefficient (Wildman–Crippen LogP) is 2.53. The van der Waals surface area contributed by atoms with Crippen LogP contribution in [0.25, 0.3) is 5.32 Å². The number of rotatable bonds is 9. The van der Waals surface area contributed by atoms with Gasteiger partial charge in [0.25, 0.3) is 0 Å². The van der Waals surface area contributed by atoms with Gasteiger partial charge >= 0.3 is 0 Å². The fraction of sp³-hybridized carbons (Fsp3) is 0.923. The van der Waals surface area contributed by atoms with Crippen LogP contribution in [-0.2, 0) is 28.1 Å². The van der Waals surface area contributed by atoms with Crippen LogP contribution in [0.4, 0.5) is 0 Å². The fourth-order valence-electron chi connectivity index (χ4n) is 0.896. The average Bonchev–Trinajstić information content (AvgIpc) is 2.26. The third kappa shape index (κ3) is 29.7. The second kappa shape index (κ2) is 19.3. The van der Waals surface area contributed by atoms with Crippen molar-refractivity contribution < 1.29 is 28.1 Å². The number of carbonyl (C=O) groups excluding carboxylic acids is 1. The smallest absolute Gasteiger partial charge is 0.209 e. The minimum atomic E-state index is 0. The van der Waals surface area contributed by atoms with E-state index in [-0.39, 0.29) is 18.6 Å². The molecular formula is C13H29N2O2V-. The zero-order valence-electron chi connectivity index (χ0n) is 12.6. The standard InChI is InChI=1S/C9H19N2O2.C4H10.V/c1-10-5-3-7-13-8-4-6-11(2)9-12;1-4(2)3;/h9H,3-8H2,1-2H3;4H,1-3H3;/q-1;;. The van der Waals surface area contributed by atoms with Crippen LogP contribution in [0.15, 0.2) is 0 Å². The molecule has 0 bridgehead atoms. The minimum Gasteiger partial charge on any atom is -0.665 e. The molecule has 0 saturated heterocycles. The van der Waals surface area contributed by atoms with Crippen LogP contribution in [0.1, 0.15) is 33.6 Å². The third-order valence-corrected chi connectivity index (χ3v) is 1.65. The van der Waals surface area contributed by atoms with Gasteiger partial charge in [-0.15, -0.1) is 6.54 Å². The van der Waals surface area contributed by atoms with Crippen molar-refractivity contribution in [2.45, 2.75) is 33.6 Å². The van der Waals surface area contributed by atoms with E-state index in [0.29, 0.717) is 0 Å². The molecule has 0 unspecified atom stereocenters. The van der Waals surface area contributed by atoms with Crippen LogP contribution in [0.5, 0.6) is 0 Å². The van der Waals surface area contributed by atoms with Crippen molar-refractivity contribution in [3.05, 3.63) is 5.32 Å². The Bertz CT molecular complexity index is 155.